The van der Waals surface area contributed by atoms with Crippen LogP contribution >= 0.6 is 0 Å². The van der Waals surface area contributed by atoms with Gasteiger partial charge in [-0.2, -0.15) is 0 Å². The maximum atomic E-state index is 12.2. The van der Waals surface area contributed by atoms with Crippen molar-refractivity contribution in [1.82, 2.24) is 9.55 Å². The summed E-state index contributed by atoms with van der Waals surface area (Å²) in [6.45, 7) is 0.392. The predicted octanol–water partition coefficient (Wildman–Crippen LogP) is 1.31. The van der Waals surface area contributed by atoms with Crippen LogP contribution in [0.1, 0.15) is 19.3 Å². The van der Waals surface area contributed by atoms with E-state index in [1.54, 1.807) is 18.2 Å². The van der Waals surface area contributed by atoms with Crippen molar-refractivity contribution in [1.29, 1.82) is 0 Å². The van der Waals surface area contributed by atoms with Crippen LogP contribution in [-0.2, 0) is 20.9 Å². The van der Waals surface area contributed by atoms with E-state index >= 15 is 0 Å². The number of para-hydroxylation sites is 1. The van der Waals surface area contributed by atoms with Gasteiger partial charge in [-0.05, 0) is 18.6 Å². The molecule has 2 aromatic rings. The molecule has 0 bridgehead atoms. The molecule has 0 aliphatic heterocycles. The molecule has 0 radical (unpaired) electrons. The van der Waals surface area contributed by atoms with E-state index in [1.807, 2.05) is 6.07 Å². The summed E-state index contributed by atoms with van der Waals surface area (Å²) in [5.74, 6) is -0.729. The predicted molar refractivity (Wildman–Crippen MR) is 76.9 cm³/mol. The number of nitrogens with zero attached hydrogens (tertiary/aromatic N) is 2. The number of hydrogen-bond acceptors (Lipinski definition) is 5. The van der Waals surface area contributed by atoms with E-state index in [1.165, 1.54) is 18.0 Å². The molecule has 6 nitrogen and oxygen atoms in total. The molecular formula is C15H16N2O4. The van der Waals surface area contributed by atoms with Gasteiger partial charge in [0.1, 0.15) is 12.2 Å². The molecule has 0 unspecified atom stereocenters. The highest BCUT2D eigenvalue weighted by atomic mass is 16.5. The molecule has 0 amide bonds. The van der Waals surface area contributed by atoms with E-state index in [0.29, 0.717) is 23.9 Å². The fourth-order valence-electron chi connectivity index (χ4n) is 2.03. The molecule has 110 valence electrons. The second kappa shape index (κ2) is 6.78. The Morgan fingerprint density at radius 2 is 2.05 bits per heavy atom. The minimum atomic E-state index is -0.537. The molecule has 0 fully saturated rings. The Labute approximate surface area is 121 Å². The summed E-state index contributed by atoms with van der Waals surface area (Å²) >= 11 is 0. The number of hydrogen-bond donors (Lipinski definition) is 0. The molecule has 0 aliphatic carbocycles. The van der Waals surface area contributed by atoms with Gasteiger partial charge in [-0.3, -0.25) is 19.0 Å². The number of methoxy groups -OCH3 is 1. The van der Waals surface area contributed by atoms with Gasteiger partial charge < -0.3 is 4.74 Å². The van der Waals surface area contributed by atoms with Crippen molar-refractivity contribution in [2.75, 3.05) is 7.11 Å². The number of carbonyl (C=O) groups excluding carboxylic acids is 2. The Bertz CT molecular complexity index is 721. The van der Waals surface area contributed by atoms with Crippen LogP contribution in [0.25, 0.3) is 10.9 Å². The Balaban J connectivity index is 1.98. The number of Topliss-reactive ketones (excluding diaryl/α,β-unsaturated/α-hetero) is 1. The van der Waals surface area contributed by atoms with E-state index in [4.69, 9.17) is 0 Å². The third kappa shape index (κ3) is 3.75. The molecule has 0 saturated heterocycles. The third-order valence-electron chi connectivity index (χ3n) is 3.16. The molecule has 1 heterocycles. The second-order valence-corrected chi connectivity index (χ2v) is 4.66. The van der Waals surface area contributed by atoms with Crippen molar-refractivity contribution in [3.63, 3.8) is 0 Å². The van der Waals surface area contributed by atoms with Gasteiger partial charge >= 0.3 is 5.97 Å². The number of aryl methyl sites for hydroxylation is 1. The number of esters is 1. The van der Waals surface area contributed by atoms with Crippen LogP contribution in [0.4, 0.5) is 0 Å². The van der Waals surface area contributed by atoms with Crippen LogP contribution in [-0.4, -0.2) is 28.4 Å². The first-order chi connectivity index (χ1) is 10.1. The topological polar surface area (TPSA) is 78.3 Å². The SMILES string of the molecule is COC(=O)CC(=O)CCCn1cnc2ccccc2c1=O. The number of ketones is 1. The molecule has 1 aromatic heterocycles. The standard InChI is InChI=1S/C15H16N2O4/c1-21-14(19)9-11(18)5-4-8-17-10-16-13-7-3-2-6-12(13)15(17)20/h2-3,6-7,10H,4-5,8-9H2,1H3. The molecule has 2 rings (SSSR count). The largest absolute Gasteiger partial charge is 0.469 e. The lowest BCUT2D eigenvalue weighted by atomic mass is 10.1. The highest BCUT2D eigenvalue weighted by Crippen LogP contribution is 2.05. The second-order valence-electron chi connectivity index (χ2n) is 4.66. The van der Waals surface area contributed by atoms with Gasteiger partial charge in [0.15, 0.2) is 0 Å². The summed E-state index contributed by atoms with van der Waals surface area (Å²) < 4.78 is 5.91. The average molecular weight is 288 g/mol. The van der Waals surface area contributed by atoms with Crippen molar-refractivity contribution in [3.05, 3.63) is 40.9 Å². The number of carbonyl (C=O) groups is 2. The van der Waals surface area contributed by atoms with Gasteiger partial charge in [0, 0.05) is 13.0 Å². The average Bonchev–Trinajstić information content (AvgIpc) is 2.49. The number of fused-ring (bicyclic) bond motifs is 1. The van der Waals surface area contributed by atoms with Gasteiger partial charge in [0.05, 0.1) is 24.3 Å². The summed E-state index contributed by atoms with van der Waals surface area (Å²) in [4.78, 5) is 38.8. The lowest BCUT2D eigenvalue weighted by Crippen LogP contribution is -2.21. The number of ether oxygens (including phenoxy) is 1. The van der Waals surface area contributed by atoms with E-state index in [9.17, 15) is 14.4 Å². The van der Waals surface area contributed by atoms with Crippen LogP contribution in [0, 0.1) is 0 Å². The first-order valence-electron chi connectivity index (χ1n) is 6.64. The van der Waals surface area contributed by atoms with Crippen molar-refractivity contribution in [2.45, 2.75) is 25.8 Å². The quantitative estimate of drug-likeness (QED) is 0.591. The normalized spacial score (nSPS) is 10.5. The molecule has 0 saturated carbocycles. The Hall–Kier alpha value is -2.50. The first-order valence-corrected chi connectivity index (χ1v) is 6.64. The molecular weight excluding hydrogens is 272 g/mol. The molecule has 1 aromatic carbocycles. The van der Waals surface area contributed by atoms with Gasteiger partial charge in [-0.15, -0.1) is 0 Å². The van der Waals surface area contributed by atoms with Crippen molar-refractivity contribution in [3.8, 4) is 0 Å². The number of rotatable bonds is 6. The van der Waals surface area contributed by atoms with Crippen molar-refractivity contribution >= 4 is 22.7 Å². The summed E-state index contributed by atoms with van der Waals surface area (Å²) in [6, 6.07) is 7.12. The maximum absolute atomic E-state index is 12.2. The Morgan fingerprint density at radius 1 is 1.29 bits per heavy atom. The van der Waals surface area contributed by atoms with E-state index in [2.05, 4.69) is 9.72 Å². The fourth-order valence-corrected chi connectivity index (χ4v) is 2.03. The van der Waals surface area contributed by atoms with E-state index < -0.39 is 5.97 Å². The van der Waals surface area contributed by atoms with Gasteiger partial charge in [-0.25, -0.2) is 4.98 Å². The number of aromatic nitrogens is 2. The van der Waals surface area contributed by atoms with Gasteiger partial charge in [-0.1, -0.05) is 12.1 Å². The van der Waals surface area contributed by atoms with Crippen LogP contribution in [0.15, 0.2) is 35.4 Å². The summed E-state index contributed by atoms with van der Waals surface area (Å²) in [7, 11) is 1.25. The molecule has 0 spiro atoms. The van der Waals surface area contributed by atoms with Crippen LogP contribution < -0.4 is 5.56 Å². The smallest absolute Gasteiger partial charge is 0.313 e. The minimum Gasteiger partial charge on any atom is -0.469 e. The molecule has 0 N–H and O–H groups in total. The monoisotopic (exact) mass is 288 g/mol. The molecule has 6 heteroatoms. The zero-order chi connectivity index (χ0) is 15.2. The van der Waals surface area contributed by atoms with Gasteiger partial charge in [0.2, 0.25) is 0 Å². The summed E-state index contributed by atoms with van der Waals surface area (Å²) in [6.07, 6.45) is 1.97. The first kappa shape index (κ1) is 14.9. The molecule has 21 heavy (non-hydrogen) atoms. The summed E-state index contributed by atoms with van der Waals surface area (Å²) in [5, 5.41) is 0.556. The summed E-state index contributed by atoms with van der Waals surface area (Å²) in [5.41, 5.74) is 0.529. The Morgan fingerprint density at radius 3 is 2.81 bits per heavy atom. The fraction of sp³-hybridized carbons (Fsp3) is 0.333. The lowest BCUT2D eigenvalue weighted by Gasteiger charge is -2.06. The van der Waals surface area contributed by atoms with E-state index in [0.717, 1.165) is 0 Å². The zero-order valence-electron chi connectivity index (χ0n) is 11.7. The zero-order valence-corrected chi connectivity index (χ0v) is 11.7. The van der Waals surface area contributed by atoms with Crippen LogP contribution in [0.5, 0.6) is 0 Å². The molecule has 0 atom stereocenters. The number of benzene rings is 1. The highest BCUT2D eigenvalue weighted by molar-refractivity contribution is 5.95. The minimum absolute atomic E-state index is 0.124. The maximum Gasteiger partial charge on any atom is 0.313 e. The van der Waals surface area contributed by atoms with Crippen molar-refractivity contribution in [2.24, 2.45) is 0 Å². The third-order valence-corrected chi connectivity index (χ3v) is 3.16. The molecule has 0 aliphatic rings. The van der Waals surface area contributed by atoms with Crippen molar-refractivity contribution < 1.29 is 14.3 Å². The van der Waals surface area contributed by atoms with Gasteiger partial charge in [0.25, 0.3) is 5.56 Å². The Kier molecular flexibility index (Phi) is 4.81. The van der Waals surface area contributed by atoms with Crippen LogP contribution in [0.2, 0.25) is 0 Å². The van der Waals surface area contributed by atoms with Crippen LogP contribution in [0.3, 0.4) is 0 Å². The lowest BCUT2D eigenvalue weighted by molar-refractivity contribution is -0.143. The van der Waals surface area contributed by atoms with E-state index in [-0.39, 0.29) is 24.2 Å². The highest BCUT2D eigenvalue weighted by Gasteiger charge is 2.09.